The SMILES string of the molecule is O=C(CNc1ccc(S(=O)(=O)C2CCCC2)cc1)NC(=O)NCCc1cccs1. The molecule has 3 amide bonds. The summed E-state index contributed by atoms with van der Waals surface area (Å²) in [5.74, 6) is -0.471. The number of sulfone groups is 1. The molecule has 1 saturated carbocycles. The summed E-state index contributed by atoms with van der Waals surface area (Å²) in [6.07, 6.45) is 4.07. The summed E-state index contributed by atoms with van der Waals surface area (Å²) in [4.78, 5) is 25.1. The van der Waals surface area contributed by atoms with Crippen molar-refractivity contribution in [1.82, 2.24) is 10.6 Å². The van der Waals surface area contributed by atoms with Crippen LogP contribution in [0.5, 0.6) is 0 Å². The second-order valence-corrected chi connectivity index (χ2v) is 10.2. The van der Waals surface area contributed by atoms with Crippen molar-refractivity contribution >= 4 is 38.8 Å². The first-order chi connectivity index (χ1) is 13.9. The van der Waals surface area contributed by atoms with Gasteiger partial charge in [-0.1, -0.05) is 18.9 Å². The summed E-state index contributed by atoms with van der Waals surface area (Å²) in [6.45, 7) is 0.358. The number of benzene rings is 1. The Hall–Kier alpha value is -2.39. The van der Waals surface area contributed by atoms with Crippen LogP contribution in [0.25, 0.3) is 0 Å². The van der Waals surface area contributed by atoms with Crippen LogP contribution in [-0.2, 0) is 21.1 Å². The van der Waals surface area contributed by atoms with Gasteiger partial charge in [-0.2, -0.15) is 0 Å². The number of amides is 3. The van der Waals surface area contributed by atoms with Gasteiger partial charge < -0.3 is 10.6 Å². The minimum absolute atomic E-state index is 0.0902. The summed E-state index contributed by atoms with van der Waals surface area (Å²) < 4.78 is 25.1. The number of imide groups is 1. The lowest BCUT2D eigenvalue weighted by Gasteiger charge is -2.12. The first-order valence-corrected chi connectivity index (χ1v) is 12.1. The van der Waals surface area contributed by atoms with E-state index in [4.69, 9.17) is 0 Å². The van der Waals surface area contributed by atoms with E-state index in [0.717, 1.165) is 30.6 Å². The predicted octanol–water partition coefficient (Wildman–Crippen LogP) is 2.94. The van der Waals surface area contributed by atoms with Gasteiger partial charge in [0.2, 0.25) is 5.91 Å². The number of carbonyl (C=O) groups is 2. The monoisotopic (exact) mass is 435 g/mol. The molecule has 2 aromatic rings. The molecule has 3 N–H and O–H groups in total. The van der Waals surface area contributed by atoms with Crippen molar-refractivity contribution in [1.29, 1.82) is 0 Å². The minimum atomic E-state index is -3.29. The van der Waals surface area contributed by atoms with E-state index in [0.29, 0.717) is 23.5 Å². The lowest BCUT2D eigenvalue weighted by molar-refractivity contribution is -0.118. The van der Waals surface area contributed by atoms with Crippen LogP contribution in [0.2, 0.25) is 0 Å². The van der Waals surface area contributed by atoms with Gasteiger partial charge >= 0.3 is 6.03 Å². The number of urea groups is 1. The fraction of sp³-hybridized carbons (Fsp3) is 0.400. The van der Waals surface area contributed by atoms with Crippen LogP contribution >= 0.6 is 11.3 Å². The van der Waals surface area contributed by atoms with Gasteiger partial charge in [-0.15, -0.1) is 11.3 Å². The highest BCUT2D eigenvalue weighted by molar-refractivity contribution is 7.92. The van der Waals surface area contributed by atoms with Crippen molar-refractivity contribution in [3.8, 4) is 0 Å². The summed E-state index contributed by atoms with van der Waals surface area (Å²) in [5.41, 5.74) is 0.614. The van der Waals surface area contributed by atoms with Gasteiger partial charge in [0.05, 0.1) is 16.7 Å². The highest BCUT2D eigenvalue weighted by atomic mass is 32.2. The van der Waals surface area contributed by atoms with Crippen LogP contribution in [0.4, 0.5) is 10.5 Å². The van der Waals surface area contributed by atoms with Gasteiger partial charge in [0.25, 0.3) is 0 Å². The molecule has 156 valence electrons. The Morgan fingerprint density at radius 3 is 2.45 bits per heavy atom. The maximum Gasteiger partial charge on any atom is 0.321 e. The second kappa shape index (κ2) is 9.89. The van der Waals surface area contributed by atoms with E-state index >= 15 is 0 Å². The number of carbonyl (C=O) groups excluding carboxylic acids is 2. The Morgan fingerprint density at radius 2 is 1.79 bits per heavy atom. The molecule has 0 radical (unpaired) electrons. The number of hydrogen-bond donors (Lipinski definition) is 3. The summed E-state index contributed by atoms with van der Waals surface area (Å²) in [6, 6.07) is 9.80. The molecule has 0 saturated heterocycles. The van der Waals surface area contributed by atoms with Crippen LogP contribution in [0.3, 0.4) is 0 Å². The Bertz CT molecular complexity index is 919. The first kappa shape index (κ1) is 21.3. The molecule has 0 bridgehead atoms. The molecule has 1 heterocycles. The molecule has 0 aliphatic heterocycles. The quantitative estimate of drug-likeness (QED) is 0.591. The van der Waals surface area contributed by atoms with Gasteiger partial charge in [0, 0.05) is 17.1 Å². The van der Waals surface area contributed by atoms with Crippen LogP contribution in [-0.4, -0.2) is 38.7 Å². The zero-order valence-corrected chi connectivity index (χ0v) is 17.7. The molecule has 1 aliphatic carbocycles. The Morgan fingerprint density at radius 1 is 1.07 bits per heavy atom. The van der Waals surface area contributed by atoms with E-state index in [1.54, 1.807) is 35.6 Å². The number of anilines is 1. The first-order valence-electron chi connectivity index (χ1n) is 9.63. The van der Waals surface area contributed by atoms with Crippen LogP contribution < -0.4 is 16.0 Å². The lowest BCUT2D eigenvalue weighted by Crippen LogP contribution is -2.42. The highest BCUT2D eigenvalue weighted by Crippen LogP contribution is 2.29. The average molecular weight is 436 g/mol. The fourth-order valence-electron chi connectivity index (χ4n) is 3.30. The number of nitrogens with one attached hydrogen (secondary N) is 3. The molecular formula is C20H25N3O4S2. The maximum absolute atomic E-state index is 12.6. The van der Waals surface area contributed by atoms with E-state index < -0.39 is 21.8 Å². The Labute approximate surface area is 174 Å². The standard InChI is InChI=1S/C20H25N3O4S2/c24-19(23-20(25)21-12-11-16-4-3-13-28-16)14-22-15-7-9-18(10-8-15)29(26,27)17-5-1-2-6-17/h3-4,7-10,13,17,22H,1-2,5-6,11-12,14H2,(H2,21,23,24,25). The molecule has 0 atom stereocenters. The number of thiophene rings is 1. The zero-order chi connectivity index (χ0) is 20.7. The molecule has 0 unspecified atom stereocenters. The van der Waals surface area contributed by atoms with Crippen LogP contribution in [0.15, 0.2) is 46.7 Å². The minimum Gasteiger partial charge on any atom is -0.376 e. The van der Waals surface area contributed by atoms with Crippen molar-refractivity contribution in [3.05, 3.63) is 46.7 Å². The van der Waals surface area contributed by atoms with Gasteiger partial charge in [-0.3, -0.25) is 10.1 Å². The molecule has 3 rings (SSSR count). The zero-order valence-electron chi connectivity index (χ0n) is 16.0. The van der Waals surface area contributed by atoms with Gasteiger partial charge in [-0.05, 0) is 55.0 Å². The molecule has 1 aromatic heterocycles. The Kier molecular flexibility index (Phi) is 7.27. The second-order valence-electron chi connectivity index (χ2n) is 6.96. The topological polar surface area (TPSA) is 104 Å². The van der Waals surface area contributed by atoms with Crippen LogP contribution in [0, 0.1) is 0 Å². The smallest absolute Gasteiger partial charge is 0.321 e. The third-order valence-electron chi connectivity index (χ3n) is 4.87. The normalized spacial score (nSPS) is 14.5. The summed E-state index contributed by atoms with van der Waals surface area (Å²) in [7, 11) is -3.29. The van der Waals surface area contributed by atoms with Crippen molar-refractivity contribution in [2.45, 2.75) is 42.2 Å². The molecule has 0 spiro atoms. The van der Waals surface area contributed by atoms with E-state index in [9.17, 15) is 18.0 Å². The van der Waals surface area contributed by atoms with E-state index in [1.807, 2.05) is 17.5 Å². The average Bonchev–Trinajstić information content (AvgIpc) is 3.41. The predicted molar refractivity (Wildman–Crippen MR) is 114 cm³/mol. The largest absolute Gasteiger partial charge is 0.376 e. The molecule has 1 fully saturated rings. The lowest BCUT2D eigenvalue weighted by atomic mass is 10.3. The van der Waals surface area contributed by atoms with E-state index in [1.165, 1.54) is 0 Å². The van der Waals surface area contributed by atoms with Crippen molar-refractivity contribution < 1.29 is 18.0 Å². The molecule has 9 heteroatoms. The fourth-order valence-corrected chi connectivity index (χ4v) is 5.87. The Balaban J connectivity index is 1.41. The van der Waals surface area contributed by atoms with Gasteiger partial charge in [0.1, 0.15) is 0 Å². The maximum atomic E-state index is 12.6. The molecule has 29 heavy (non-hydrogen) atoms. The number of hydrogen-bond acceptors (Lipinski definition) is 6. The van der Waals surface area contributed by atoms with Crippen LogP contribution in [0.1, 0.15) is 30.6 Å². The molecule has 7 nitrogen and oxygen atoms in total. The van der Waals surface area contributed by atoms with E-state index in [-0.39, 0.29) is 11.8 Å². The molecule has 1 aliphatic rings. The summed E-state index contributed by atoms with van der Waals surface area (Å²) >= 11 is 1.62. The number of rotatable bonds is 8. The van der Waals surface area contributed by atoms with Crippen molar-refractivity contribution in [2.24, 2.45) is 0 Å². The molecule has 1 aromatic carbocycles. The van der Waals surface area contributed by atoms with Gasteiger partial charge in [-0.25, -0.2) is 13.2 Å². The summed E-state index contributed by atoms with van der Waals surface area (Å²) in [5, 5.41) is 9.48. The van der Waals surface area contributed by atoms with Gasteiger partial charge in [0.15, 0.2) is 9.84 Å². The third kappa shape index (κ3) is 6.04. The van der Waals surface area contributed by atoms with E-state index in [2.05, 4.69) is 16.0 Å². The molecular weight excluding hydrogens is 410 g/mol. The third-order valence-corrected chi connectivity index (χ3v) is 8.08. The van der Waals surface area contributed by atoms with Crippen molar-refractivity contribution in [3.63, 3.8) is 0 Å². The van der Waals surface area contributed by atoms with Crippen molar-refractivity contribution in [2.75, 3.05) is 18.4 Å². The highest BCUT2D eigenvalue weighted by Gasteiger charge is 2.30.